The van der Waals surface area contributed by atoms with Crippen molar-refractivity contribution in [1.82, 2.24) is 0 Å². The Balaban J connectivity index is 2.40. The highest BCUT2D eigenvalue weighted by molar-refractivity contribution is 14.1. The molecule has 0 aromatic heterocycles. The van der Waals surface area contributed by atoms with Crippen LogP contribution in [-0.4, -0.2) is 19.4 Å². The summed E-state index contributed by atoms with van der Waals surface area (Å²) >= 11 is 2.38. The van der Waals surface area contributed by atoms with Gasteiger partial charge in [-0.1, -0.05) is 116 Å². The Bertz CT molecular complexity index is 622. The summed E-state index contributed by atoms with van der Waals surface area (Å²) in [5.74, 6) is 0. The molecule has 0 N–H and O–H groups in total. The molecule has 25 heavy (non-hydrogen) atoms. The van der Waals surface area contributed by atoms with Crippen LogP contribution in [0.4, 0.5) is 0 Å². The first-order valence-corrected chi connectivity index (χ1v) is 12.3. The largest absolute Gasteiger partial charge is 0.407 e. The molecule has 134 valence electrons. The van der Waals surface area contributed by atoms with Crippen LogP contribution < -0.4 is 10.4 Å². The summed E-state index contributed by atoms with van der Waals surface area (Å²) < 4.78 is 7.88. The van der Waals surface area contributed by atoms with Gasteiger partial charge in [0, 0.05) is 11.0 Å². The molecule has 0 amide bonds. The predicted octanol–water partition coefficient (Wildman–Crippen LogP) is 5.33. The molecule has 0 fully saturated rings. The second-order valence-corrected chi connectivity index (χ2v) is 12.6. The van der Waals surface area contributed by atoms with Gasteiger partial charge in [0.15, 0.2) is 0 Å². The highest BCUT2D eigenvalue weighted by atomic mass is 127. The molecule has 0 aliphatic heterocycles. The van der Waals surface area contributed by atoms with E-state index in [1.54, 1.807) is 0 Å². The van der Waals surface area contributed by atoms with Crippen molar-refractivity contribution < 1.29 is 4.43 Å². The van der Waals surface area contributed by atoms with Crippen LogP contribution in [-0.2, 0) is 4.43 Å². The highest BCUT2D eigenvalue weighted by Gasteiger charge is 2.49. The maximum Gasteiger partial charge on any atom is 0.261 e. The monoisotopic (exact) mass is 464 g/mol. The van der Waals surface area contributed by atoms with Crippen molar-refractivity contribution in [2.24, 2.45) is 0 Å². The van der Waals surface area contributed by atoms with E-state index in [2.05, 4.69) is 111 Å². The fourth-order valence-electron chi connectivity index (χ4n) is 3.38. The average Bonchev–Trinajstić information content (AvgIpc) is 2.62. The SMILES string of the molecule is C=C(CI)CCCO[Si](c1ccccc1)(c1ccccc1)C(C)(C)C. The Morgan fingerprint density at radius 3 is 1.84 bits per heavy atom. The summed E-state index contributed by atoms with van der Waals surface area (Å²) in [6.45, 7) is 11.9. The molecule has 0 unspecified atom stereocenters. The van der Waals surface area contributed by atoms with Crippen molar-refractivity contribution in [3.63, 3.8) is 0 Å². The minimum atomic E-state index is -2.36. The number of benzene rings is 2. The van der Waals surface area contributed by atoms with Crippen LogP contribution in [0.15, 0.2) is 72.8 Å². The zero-order chi connectivity index (χ0) is 18.3. The summed E-state index contributed by atoms with van der Waals surface area (Å²) in [5.41, 5.74) is 1.30. The molecule has 0 spiro atoms. The smallest absolute Gasteiger partial charge is 0.261 e. The maximum absolute atomic E-state index is 6.86. The van der Waals surface area contributed by atoms with Crippen molar-refractivity contribution in [3.05, 3.63) is 72.8 Å². The van der Waals surface area contributed by atoms with Gasteiger partial charge in [-0.25, -0.2) is 0 Å². The van der Waals surface area contributed by atoms with E-state index >= 15 is 0 Å². The molecule has 0 saturated heterocycles. The van der Waals surface area contributed by atoms with Crippen LogP contribution in [0, 0.1) is 0 Å². The summed E-state index contributed by atoms with van der Waals surface area (Å²) in [6.07, 6.45) is 2.08. The van der Waals surface area contributed by atoms with Crippen LogP contribution >= 0.6 is 22.6 Å². The van der Waals surface area contributed by atoms with E-state index in [1.807, 2.05) is 0 Å². The molecule has 0 radical (unpaired) electrons. The molecule has 0 atom stereocenters. The second-order valence-electron chi connectivity index (χ2n) is 7.50. The Morgan fingerprint density at radius 1 is 0.960 bits per heavy atom. The molecular formula is C22H29IOSi. The third-order valence-electron chi connectivity index (χ3n) is 4.60. The molecule has 0 saturated carbocycles. The van der Waals surface area contributed by atoms with Gasteiger partial charge in [-0.3, -0.25) is 0 Å². The molecule has 0 bridgehead atoms. The summed E-state index contributed by atoms with van der Waals surface area (Å²) in [6, 6.07) is 21.7. The Kier molecular flexibility index (Phi) is 7.46. The van der Waals surface area contributed by atoms with Gasteiger partial charge < -0.3 is 4.43 Å². The van der Waals surface area contributed by atoms with Crippen LogP contribution in [0.5, 0.6) is 0 Å². The van der Waals surface area contributed by atoms with E-state index in [-0.39, 0.29) is 5.04 Å². The van der Waals surface area contributed by atoms with E-state index in [0.29, 0.717) is 0 Å². The van der Waals surface area contributed by atoms with Crippen LogP contribution in [0.25, 0.3) is 0 Å². The lowest BCUT2D eigenvalue weighted by Crippen LogP contribution is -2.66. The maximum atomic E-state index is 6.86. The average molecular weight is 464 g/mol. The lowest BCUT2D eigenvalue weighted by atomic mass is 10.2. The van der Waals surface area contributed by atoms with Crippen LogP contribution in [0.2, 0.25) is 5.04 Å². The molecule has 0 aliphatic carbocycles. The number of alkyl halides is 1. The number of allylic oxidation sites excluding steroid dienone is 1. The number of rotatable bonds is 8. The lowest BCUT2D eigenvalue weighted by Gasteiger charge is -2.43. The van der Waals surface area contributed by atoms with Crippen molar-refractivity contribution in [2.75, 3.05) is 11.0 Å². The van der Waals surface area contributed by atoms with E-state index in [4.69, 9.17) is 4.43 Å². The summed E-state index contributed by atoms with van der Waals surface area (Å²) in [7, 11) is -2.36. The quantitative estimate of drug-likeness (QED) is 0.169. The van der Waals surface area contributed by atoms with Gasteiger partial charge in [0.2, 0.25) is 0 Å². The highest BCUT2D eigenvalue weighted by Crippen LogP contribution is 2.36. The minimum Gasteiger partial charge on any atom is -0.407 e. The Labute approximate surface area is 167 Å². The van der Waals surface area contributed by atoms with Gasteiger partial charge in [-0.2, -0.15) is 0 Å². The number of halogens is 1. The third-order valence-corrected chi connectivity index (χ3v) is 10.7. The Hall–Kier alpha value is -0.913. The molecule has 1 nitrogen and oxygen atoms in total. The van der Waals surface area contributed by atoms with E-state index < -0.39 is 8.32 Å². The third kappa shape index (κ3) is 4.83. The first-order valence-electron chi connectivity index (χ1n) is 8.89. The number of hydrogen-bond acceptors (Lipinski definition) is 1. The second kappa shape index (κ2) is 9.15. The molecule has 2 aromatic rings. The fraction of sp³-hybridized carbons (Fsp3) is 0.364. The minimum absolute atomic E-state index is 0.0516. The van der Waals surface area contributed by atoms with Crippen molar-refractivity contribution in [1.29, 1.82) is 0 Å². The Morgan fingerprint density at radius 2 is 1.44 bits per heavy atom. The van der Waals surface area contributed by atoms with E-state index in [9.17, 15) is 0 Å². The van der Waals surface area contributed by atoms with E-state index in [1.165, 1.54) is 15.9 Å². The fourth-order valence-corrected chi connectivity index (χ4v) is 8.36. The van der Waals surface area contributed by atoms with Gasteiger partial charge in [0.25, 0.3) is 8.32 Å². The molecule has 0 aliphatic rings. The van der Waals surface area contributed by atoms with Crippen molar-refractivity contribution in [3.8, 4) is 0 Å². The molecule has 2 aromatic carbocycles. The molecule has 0 heterocycles. The van der Waals surface area contributed by atoms with Gasteiger partial charge in [0.05, 0.1) is 0 Å². The first-order chi connectivity index (χ1) is 11.9. The summed E-state index contributed by atoms with van der Waals surface area (Å²) in [4.78, 5) is 0. The summed E-state index contributed by atoms with van der Waals surface area (Å²) in [5, 5.41) is 2.75. The molecular weight excluding hydrogens is 435 g/mol. The topological polar surface area (TPSA) is 9.23 Å². The predicted molar refractivity (Wildman–Crippen MR) is 121 cm³/mol. The standard InChI is InChI=1S/C22H29IOSi/c1-19(18-23)12-11-17-24-25(22(2,3)4,20-13-7-5-8-14-20)21-15-9-6-10-16-21/h5-10,13-16H,1,11-12,17-18H2,2-4H3. The van der Waals surface area contributed by atoms with Gasteiger partial charge in [0.1, 0.15) is 0 Å². The zero-order valence-corrected chi connectivity index (χ0v) is 18.8. The zero-order valence-electron chi connectivity index (χ0n) is 15.6. The normalized spacial score (nSPS) is 12.2. The number of hydrogen-bond donors (Lipinski definition) is 0. The lowest BCUT2D eigenvalue weighted by molar-refractivity contribution is 0.292. The first kappa shape index (κ1) is 20.4. The van der Waals surface area contributed by atoms with Crippen molar-refractivity contribution in [2.45, 2.75) is 38.7 Å². The van der Waals surface area contributed by atoms with E-state index in [0.717, 1.165) is 23.9 Å². The van der Waals surface area contributed by atoms with Gasteiger partial charge in [-0.15, -0.1) is 0 Å². The molecule has 3 heteroatoms. The van der Waals surface area contributed by atoms with Crippen LogP contribution in [0.1, 0.15) is 33.6 Å². The van der Waals surface area contributed by atoms with Crippen LogP contribution in [0.3, 0.4) is 0 Å². The molecule has 2 rings (SSSR count). The van der Waals surface area contributed by atoms with Gasteiger partial charge >= 0.3 is 0 Å². The van der Waals surface area contributed by atoms with Gasteiger partial charge in [-0.05, 0) is 28.3 Å². The van der Waals surface area contributed by atoms with Crippen molar-refractivity contribution >= 4 is 41.3 Å².